The second kappa shape index (κ2) is 10.6. The molecule has 2 aliphatic heterocycles. The topological polar surface area (TPSA) is 84.9 Å². The van der Waals surface area contributed by atoms with Crippen molar-refractivity contribution in [3.8, 4) is 5.75 Å². The van der Waals surface area contributed by atoms with Gasteiger partial charge in [-0.25, -0.2) is 13.1 Å². The minimum atomic E-state index is -3.73. The highest BCUT2D eigenvalue weighted by molar-refractivity contribution is 7.90. The molecule has 2 aromatic carbocycles. The molecule has 4 atom stereocenters. The van der Waals surface area contributed by atoms with E-state index in [0.29, 0.717) is 30.4 Å². The molecule has 0 unspecified atom stereocenters. The SMILES string of the molecule is CO[C@@H]1CCCCS(=O)(=O)NC(=O)c2ccc3c(c2)N(C[C@@H]2CC[C@H]21)C[C@@]1(CCCc2cc(Cl)ccc21)CO3. The first-order chi connectivity index (χ1) is 18.8. The molecule has 9 heteroatoms. The van der Waals surface area contributed by atoms with Crippen LogP contribution in [0, 0.1) is 11.8 Å². The number of carbonyl (C=O) groups is 1. The maximum atomic E-state index is 13.1. The molecule has 1 amide bonds. The van der Waals surface area contributed by atoms with E-state index in [0.717, 1.165) is 74.5 Å². The zero-order valence-electron chi connectivity index (χ0n) is 22.5. The molecule has 39 heavy (non-hydrogen) atoms. The van der Waals surface area contributed by atoms with Crippen molar-refractivity contribution in [2.75, 3.05) is 37.5 Å². The Morgan fingerprint density at radius 3 is 2.77 bits per heavy atom. The molecular formula is C30H37ClN2O5S. The van der Waals surface area contributed by atoms with Crippen LogP contribution in [0.25, 0.3) is 0 Å². The number of aryl methyl sites for hydroxylation is 1. The van der Waals surface area contributed by atoms with Crippen molar-refractivity contribution in [3.63, 3.8) is 0 Å². The Morgan fingerprint density at radius 1 is 1.10 bits per heavy atom. The first-order valence-electron chi connectivity index (χ1n) is 14.2. The van der Waals surface area contributed by atoms with E-state index in [2.05, 4.69) is 21.8 Å². The minimum Gasteiger partial charge on any atom is -0.490 e. The molecular weight excluding hydrogens is 536 g/mol. The average Bonchev–Trinajstić information content (AvgIpc) is 3.04. The summed E-state index contributed by atoms with van der Waals surface area (Å²) in [6.45, 7) is 2.15. The zero-order chi connectivity index (χ0) is 27.2. The summed E-state index contributed by atoms with van der Waals surface area (Å²) in [4.78, 5) is 15.5. The van der Waals surface area contributed by atoms with Crippen LogP contribution in [-0.4, -0.2) is 53.0 Å². The van der Waals surface area contributed by atoms with Crippen molar-refractivity contribution in [1.82, 2.24) is 4.72 Å². The molecule has 1 saturated carbocycles. The number of hydrogen-bond acceptors (Lipinski definition) is 6. The van der Waals surface area contributed by atoms with Gasteiger partial charge < -0.3 is 14.4 Å². The number of sulfonamides is 1. The quantitative estimate of drug-likeness (QED) is 0.512. The van der Waals surface area contributed by atoms with Gasteiger partial charge in [0.25, 0.3) is 5.91 Å². The fraction of sp³-hybridized carbons (Fsp3) is 0.567. The molecule has 2 aliphatic carbocycles. The van der Waals surface area contributed by atoms with E-state index in [1.165, 1.54) is 11.1 Å². The largest absolute Gasteiger partial charge is 0.490 e. The lowest BCUT2D eigenvalue weighted by Crippen LogP contribution is -2.49. The number of nitrogens with zero attached hydrogens (tertiary/aromatic N) is 1. The number of nitrogens with one attached hydrogen (secondary N) is 1. The molecule has 2 heterocycles. The Balaban J connectivity index is 1.42. The molecule has 0 aromatic heterocycles. The van der Waals surface area contributed by atoms with Gasteiger partial charge in [0.05, 0.1) is 24.2 Å². The second-order valence-corrected chi connectivity index (χ2v) is 14.1. The molecule has 1 N–H and O–H groups in total. The summed E-state index contributed by atoms with van der Waals surface area (Å²) < 4.78 is 40.1. The smallest absolute Gasteiger partial charge is 0.264 e. The number of methoxy groups -OCH3 is 1. The normalized spacial score (nSPS) is 30.4. The lowest BCUT2D eigenvalue weighted by atomic mass is 9.68. The fourth-order valence-corrected chi connectivity index (χ4v) is 8.53. The summed E-state index contributed by atoms with van der Waals surface area (Å²) in [5, 5.41) is 0.756. The number of rotatable bonds is 1. The van der Waals surface area contributed by atoms with Gasteiger partial charge in [-0.15, -0.1) is 0 Å². The maximum absolute atomic E-state index is 13.1. The van der Waals surface area contributed by atoms with E-state index in [1.807, 2.05) is 18.2 Å². The van der Waals surface area contributed by atoms with Crippen LogP contribution in [0.5, 0.6) is 5.75 Å². The van der Waals surface area contributed by atoms with Crippen LogP contribution >= 0.6 is 11.6 Å². The Labute approximate surface area is 236 Å². The van der Waals surface area contributed by atoms with Gasteiger partial charge in [-0.1, -0.05) is 17.7 Å². The first kappa shape index (κ1) is 26.9. The highest BCUT2D eigenvalue weighted by Crippen LogP contribution is 2.47. The molecule has 210 valence electrons. The molecule has 1 fully saturated rings. The predicted octanol–water partition coefficient (Wildman–Crippen LogP) is 5.10. The van der Waals surface area contributed by atoms with Crippen molar-refractivity contribution in [3.05, 3.63) is 58.1 Å². The van der Waals surface area contributed by atoms with Crippen LogP contribution in [0.15, 0.2) is 36.4 Å². The third-order valence-corrected chi connectivity index (χ3v) is 11.0. The summed E-state index contributed by atoms with van der Waals surface area (Å²) in [6, 6.07) is 11.5. The van der Waals surface area contributed by atoms with Gasteiger partial charge in [-0.3, -0.25) is 4.79 Å². The van der Waals surface area contributed by atoms with Crippen LogP contribution in [-0.2, 0) is 26.6 Å². The third kappa shape index (κ3) is 5.27. The number of ether oxygens (including phenoxy) is 2. The molecule has 6 rings (SSSR count). The van der Waals surface area contributed by atoms with Gasteiger partial charge in [0, 0.05) is 36.2 Å². The Kier molecular flexibility index (Phi) is 7.31. The standard InChI is InChI=1S/C30H37ClN2O5S/c1-37-27-6-2-3-14-39(35,36)32-29(34)21-8-12-28-26(16-21)33(17-22-7-10-24(22)27)18-30(19-38-28)13-4-5-20-15-23(31)9-11-25(20)30/h8-9,11-12,15-16,22,24,27H,2-7,10,13-14,17-19H2,1H3,(H,32,34)/t22-,24+,27+,30-/m0/s1. The summed E-state index contributed by atoms with van der Waals surface area (Å²) in [5.74, 6) is 0.949. The highest BCUT2D eigenvalue weighted by atomic mass is 35.5. The van der Waals surface area contributed by atoms with Gasteiger partial charge >= 0.3 is 0 Å². The van der Waals surface area contributed by atoms with Crippen molar-refractivity contribution in [1.29, 1.82) is 0 Å². The van der Waals surface area contributed by atoms with Crippen LogP contribution in [0.1, 0.15) is 66.4 Å². The van der Waals surface area contributed by atoms with Crippen LogP contribution in [0.4, 0.5) is 5.69 Å². The predicted molar refractivity (Wildman–Crippen MR) is 152 cm³/mol. The molecule has 2 aromatic rings. The number of anilines is 1. The zero-order valence-corrected chi connectivity index (χ0v) is 24.0. The second-order valence-electron chi connectivity index (χ2n) is 11.8. The molecule has 1 spiro atoms. The fourth-order valence-electron chi connectivity index (χ4n) is 7.24. The summed E-state index contributed by atoms with van der Waals surface area (Å²) in [5.41, 5.74) is 3.56. The van der Waals surface area contributed by atoms with E-state index in [1.54, 1.807) is 13.2 Å². The first-order valence-corrected chi connectivity index (χ1v) is 16.2. The highest BCUT2D eigenvalue weighted by Gasteiger charge is 2.44. The van der Waals surface area contributed by atoms with Crippen molar-refractivity contribution >= 4 is 33.2 Å². The number of fused-ring (bicyclic) bond motifs is 4. The van der Waals surface area contributed by atoms with E-state index in [9.17, 15) is 13.2 Å². The lowest BCUT2D eigenvalue weighted by Gasteiger charge is -2.46. The van der Waals surface area contributed by atoms with Gasteiger partial charge in [-0.05, 0) is 105 Å². The molecule has 0 saturated heterocycles. The van der Waals surface area contributed by atoms with Gasteiger partial charge in [0.15, 0.2) is 0 Å². The lowest BCUT2D eigenvalue weighted by molar-refractivity contribution is -0.0218. The van der Waals surface area contributed by atoms with E-state index in [-0.39, 0.29) is 17.3 Å². The molecule has 0 radical (unpaired) electrons. The van der Waals surface area contributed by atoms with E-state index in [4.69, 9.17) is 21.1 Å². The van der Waals surface area contributed by atoms with E-state index >= 15 is 0 Å². The number of benzene rings is 2. The summed E-state index contributed by atoms with van der Waals surface area (Å²) in [7, 11) is -1.96. The van der Waals surface area contributed by atoms with Crippen molar-refractivity contribution in [2.45, 2.75) is 62.9 Å². The van der Waals surface area contributed by atoms with Gasteiger partial charge in [-0.2, -0.15) is 0 Å². The number of carbonyl (C=O) groups excluding carboxylic acids is 1. The van der Waals surface area contributed by atoms with Gasteiger partial charge in [0.2, 0.25) is 10.0 Å². The van der Waals surface area contributed by atoms with E-state index < -0.39 is 15.9 Å². The van der Waals surface area contributed by atoms with Crippen LogP contribution < -0.4 is 14.4 Å². The Bertz CT molecular complexity index is 1370. The maximum Gasteiger partial charge on any atom is 0.264 e. The third-order valence-electron chi connectivity index (χ3n) is 9.41. The Hall–Kier alpha value is -2.29. The number of halogens is 1. The molecule has 2 bridgehead atoms. The molecule has 4 aliphatic rings. The van der Waals surface area contributed by atoms with Crippen molar-refractivity contribution < 1.29 is 22.7 Å². The van der Waals surface area contributed by atoms with Crippen molar-refractivity contribution in [2.24, 2.45) is 11.8 Å². The summed E-state index contributed by atoms with van der Waals surface area (Å²) in [6.07, 6.45) is 7.48. The van der Waals surface area contributed by atoms with Crippen LogP contribution in [0.2, 0.25) is 5.02 Å². The monoisotopic (exact) mass is 572 g/mol. The van der Waals surface area contributed by atoms with Crippen LogP contribution in [0.3, 0.4) is 0 Å². The average molecular weight is 573 g/mol. The summed E-state index contributed by atoms with van der Waals surface area (Å²) >= 11 is 6.38. The minimum absolute atomic E-state index is 0.0740. The molecule has 7 nitrogen and oxygen atoms in total. The number of hydrogen-bond donors (Lipinski definition) is 1. The van der Waals surface area contributed by atoms with Gasteiger partial charge in [0.1, 0.15) is 5.75 Å². The number of amides is 1. The Morgan fingerprint density at radius 2 is 1.97 bits per heavy atom.